The van der Waals surface area contributed by atoms with Crippen molar-refractivity contribution in [1.82, 2.24) is 15.1 Å². The van der Waals surface area contributed by atoms with Gasteiger partial charge in [-0.2, -0.15) is 5.10 Å². The average molecular weight is 344 g/mol. The molecule has 1 aliphatic heterocycles. The second-order valence-corrected chi connectivity index (χ2v) is 6.36. The van der Waals surface area contributed by atoms with Gasteiger partial charge in [0.25, 0.3) is 0 Å². The van der Waals surface area contributed by atoms with Crippen LogP contribution < -0.4 is 15.4 Å². The van der Waals surface area contributed by atoms with Crippen LogP contribution in [0.2, 0.25) is 0 Å². The van der Waals surface area contributed by atoms with Gasteiger partial charge in [-0.05, 0) is 51.1 Å². The first-order valence-corrected chi connectivity index (χ1v) is 8.50. The van der Waals surface area contributed by atoms with Crippen LogP contribution in [0.25, 0.3) is 11.3 Å². The first-order valence-electron chi connectivity index (χ1n) is 8.50. The van der Waals surface area contributed by atoms with Gasteiger partial charge in [-0.3, -0.25) is 10.00 Å². The fraction of sp³-hybridized carbons (Fsp3) is 0.444. The monoisotopic (exact) mass is 344 g/mol. The van der Waals surface area contributed by atoms with Crippen molar-refractivity contribution in [1.29, 1.82) is 0 Å². The molecular weight excluding hydrogens is 320 g/mol. The van der Waals surface area contributed by atoms with Gasteiger partial charge in [-0.15, -0.1) is 0 Å². The van der Waals surface area contributed by atoms with E-state index in [9.17, 15) is 4.79 Å². The van der Waals surface area contributed by atoms with Gasteiger partial charge in [0.15, 0.2) is 0 Å². The smallest absolute Gasteiger partial charge is 0.411 e. The molecule has 1 aromatic heterocycles. The molecule has 1 amide bonds. The number of carbonyl (C=O) groups excluding carboxylic acids is 1. The minimum absolute atomic E-state index is 0.150. The summed E-state index contributed by atoms with van der Waals surface area (Å²) in [6, 6.07) is 7.51. The Morgan fingerprint density at radius 1 is 1.40 bits per heavy atom. The summed E-state index contributed by atoms with van der Waals surface area (Å²) >= 11 is 0. The van der Waals surface area contributed by atoms with E-state index >= 15 is 0 Å². The van der Waals surface area contributed by atoms with Crippen molar-refractivity contribution in [2.24, 2.45) is 7.05 Å². The fourth-order valence-electron chi connectivity index (χ4n) is 2.82. The van der Waals surface area contributed by atoms with Gasteiger partial charge >= 0.3 is 6.09 Å². The summed E-state index contributed by atoms with van der Waals surface area (Å²) in [5, 5.41) is 10.3. The Bertz CT molecular complexity index is 736. The number of anilines is 1. The number of rotatable bonds is 5. The van der Waals surface area contributed by atoms with Crippen LogP contribution in [0.3, 0.4) is 0 Å². The third-order valence-electron chi connectivity index (χ3n) is 3.97. The number of nitrogens with one attached hydrogen (secondary N) is 2. The maximum absolute atomic E-state index is 11.9. The second kappa shape index (κ2) is 7.57. The molecule has 0 radical (unpaired) electrons. The molecule has 1 aliphatic rings. The maximum Gasteiger partial charge on any atom is 0.411 e. The highest BCUT2D eigenvalue weighted by atomic mass is 16.6. The van der Waals surface area contributed by atoms with Crippen LogP contribution in [0.1, 0.15) is 20.3 Å². The molecule has 2 aromatic rings. The second-order valence-electron chi connectivity index (χ2n) is 6.36. The molecule has 1 atom stereocenters. The number of amides is 1. The van der Waals surface area contributed by atoms with Crippen LogP contribution in [0, 0.1) is 0 Å². The summed E-state index contributed by atoms with van der Waals surface area (Å²) < 4.78 is 13.1. The number of benzene rings is 1. The van der Waals surface area contributed by atoms with Gasteiger partial charge in [0.2, 0.25) is 0 Å². The zero-order valence-electron chi connectivity index (χ0n) is 14.8. The van der Waals surface area contributed by atoms with E-state index < -0.39 is 6.09 Å². The van der Waals surface area contributed by atoms with E-state index in [0.29, 0.717) is 5.69 Å². The summed E-state index contributed by atoms with van der Waals surface area (Å²) in [5.41, 5.74) is 2.45. The van der Waals surface area contributed by atoms with E-state index in [4.69, 9.17) is 9.47 Å². The Balaban J connectivity index is 1.87. The lowest BCUT2D eigenvalue weighted by molar-refractivity contribution is 0.130. The van der Waals surface area contributed by atoms with Crippen molar-refractivity contribution in [3.05, 3.63) is 30.5 Å². The van der Waals surface area contributed by atoms with Crippen molar-refractivity contribution in [2.75, 3.05) is 18.4 Å². The van der Waals surface area contributed by atoms with E-state index in [0.717, 1.165) is 36.5 Å². The minimum atomic E-state index is -0.473. The molecule has 7 heteroatoms. The van der Waals surface area contributed by atoms with Gasteiger partial charge in [0.1, 0.15) is 11.9 Å². The molecule has 0 saturated carbocycles. The maximum atomic E-state index is 11.9. The third-order valence-corrected chi connectivity index (χ3v) is 3.97. The SMILES string of the molecule is CC(C)OC(=O)Nc1ccc(O[C@@H]2CCNC2)c(-c2ccnn2C)c1. The number of aryl methyl sites for hydroxylation is 1. The van der Waals surface area contributed by atoms with Crippen molar-refractivity contribution < 1.29 is 14.3 Å². The number of aromatic nitrogens is 2. The number of ether oxygens (including phenoxy) is 2. The quantitative estimate of drug-likeness (QED) is 0.872. The summed E-state index contributed by atoms with van der Waals surface area (Å²) in [6.07, 6.45) is 2.22. The normalized spacial score (nSPS) is 16.9. The topological polar surface area (TPSA) is 77.4 Å². The first kappa shape index (κ1) is 17.3. The predicted molar refractivity (Wildman–Crippen MR) is 95.8 cm³/mol. The van der Waals surface area contributed by atoms with E-state index in [2.05, 4.69) is 15.7 Å². The molecule has 134 valence electrons. The molecule has 0 unspecified atom stereocenters. The zero-order chi connectivity index (χ0) is 17.8. The van der Waals surface area contributed by atoms with Crippen LogP contribution in [-0.2, 0) is 11.8 Å². The highest BCUT2D eigenvalue weighted by Crippen LogP contribution is 2.33. The Hall–Kier alpha value is -2.54. The molecule has 1 fully saturated rings. The molecule has 25 heavy (non-hydrogen) atoms. The molecule has 2 heterocycles. The fourth-order valence-corrected chi connectivity index (χ4v) is 2.82. The lowest BCUT2D eigenvalue weighted by Gasteiger charge is -2.18. The average Bonchev–Trinajstić information content (AvgIpc) is 3.19. The summed E-state index contributed by atoms with van der Waals surface area (Å²) in [6.45, 7) is 5.43. The Morgan fingerprint density at radius 3 is 2.88 bits per heavy atom. The van der Waals surface area contributed by atoms with Crippen LogP contribution in [0.4, 0.5) is 10.5 Å². The van der Waals surface area contributed by atoms with Gasteiger partial charge in [0.05, 0.1) is 11.8 Å². The highest BCUT2D eigenvalue weighted by Gasteiger charge is 2.19. The van der Waals surface area contributed by atoms with Crippen LogP contribution in [-0.4, -0.2) is 41.2 Å². The van der Waals surface area contributed by atoms with Gasteiger partial charge in [0, 0.05) is 31.0 Å². The molecule has 7 nitrogen and oxygen atoms in total. The summed E-state index contributed by atoms with van der Waals surface area (Å²) in [7, 11) is 1.88. The van der Waals surface area contributed by atoms with Crippen molar-refractivity contribution >= 4 is 11.8 Å². The molecule has 3 rings (SSSR count). The molecule has 0 bridgehead atoms. The standard InChI is InChI=1S/C18H24N4O3/c1-12(2)24-18(23)21-13-4-5-17(25-14-6-8-19-11-14)15(10-13)16-7-9-20-22(16)3/h4-5,7,9-10,12,14,19H,6,8,11H2,1-3H3,(H,21,23)/t14-/m1/s1. The van der Waals surface area contributed by atoms with E-state index in [1.54, 1.807) is 10.9 Å². The molecular formula is C18H24N4O3. The minimum Gasteiger partial charge on any atom is -0.488 e. The number of carbonyl (C=O) groups is 1. The van der Waals surface area contributed by atoms with E-state index in [-0.39, 0.29) is 12.2 Å². The zero-order valence-corrected chi connectivity index (χ0v) is 14.8. The number of hydrogen-bond donors (Lipinski definition) is 2. The van der Waals surface area contributed by atoms with Crippen molar-refractivity contribution in [3.63, 3.8) is 0 Å². The van der Waals surface area contributed by atoms with Crippen LogP contribution in [0.15, 0.2) is 30.5 Å². The highest BCUT2D eigenvalue weighted by molar-refractivity contribution is 5.86. The van der Waals surface area contributed by atoms with Crippen molar-refractivity contribution in [3.8, 4) is 17.0 Å². The molecule has 0 aliphatic carbocycles. The Kier molecular flexibility index (Phi) is 5.23. The van der Waals surface area contributed by atoms with Crippen molar-refractivity contribution in [2.45, 2.75) is 32.5 Å². The molecule has 0 spiro atoms. The molecule has 1 saturated heterocycles. The number of nitrogens with zero attached hydrogens (tertiary/aromatic N) is 2. The van der Waals surface area contributed by atoms with E-state index in [1.807, 2.05) is 45.2 Å². The molecule has 2 N–H and O–H groups in total. The van der Waals surface area contributed by atoms with Gasteiger partial charge < -0.3 is 14.8 Å². The lowest BCUT2D eigenvalue weighted by Crippen LogP contribution is -2.20. The van der Waals surface area contributed by atoms with Gasteiger partial charge in [-0.25, -0.2) is 4.79 Å². The third kappa shape index (κ3) is 4.30. The van der Waals surface area contributed by atoms with Crippen LogP contribution in [0.5, 0.6) is 5.75 Å². The lowest BCUT2D eigenvalue weighted by atomic mass is 10.1. The van der Waals surface area contributed by atoms with Crippen LogP contribution >= 0.6 is 0 Å². The largest absolute Gasteiger partial charge is 0.488 e. The molecule has 1 aromatic carbocycles. The Morgan fingerprint density at radius 2 is 2.24 bits per heavy atom. The Labute approximate surface area is 147 Å². The summed E-state index contributed by atoms with van der Waals surface area (Å²) in [4.78, 5) is 11.9. The summed E-state index contributed by atoms with van der Waals surface area (Å²) in [5.74, 6) is 0.778. The predicted octanol–water partition coefficient (Wildman–Crippen LogP) is 2.78. The first-order chi connectivity index (χ1) is 12.0. The number of hydrogen-bond acceptors (Lipinski definition) is 5. The van der Waals surface area contributed by atoms with E-state index in [1.165, 1.54) is 0 Å². The van der Waals surface area contributed by atoms with Gasteiger partial charge in [-0.1, -0.05) is 0 Å².